The fraction of sp³-hybridized carbons (Fsp3) is 0. The van der Waals surface area contributed by atoms with Gasteiger partial charge in [-0.15, -0.1) is 0 Å². The highest BCUT2D eigenvalue weighted by Crippen LogP contribution is 2.02. The normalized spacial score (nSPS) is 10.0. The molecule has 0 atom stereocenters. The van der Waals surface area contributed by atoms with Crippen LogP contribution in [0.1, 0.15) is 0 Å². The molecule has 0 aliphatic carbocycles. The Morgan fingerprint density at radius 3 is 3.00 bits per heavy atom. The van der Waals surface area contributed by atoms with Crippen LogP contribution in [0.3, 0.4) is 0 Å². The van der Waals surface area contributed by atoms with Crippen LogP contribution in [0.4, 0.5) is 0 Å². The molecule has 0 aliphatic heterocycles. The molecule has 0 spiro atoms. The van der Waals surface area contributed by atoms with Crippen molar-refractivity contribution in [3.8, 4) is 5.88 Å². The molecule has 0 bridgehead atoms. The lowest BCUT2D eigenvalue weighted by Gasteiger charge is -1.89. The van der Waals surface area contributed by atoms with Gasteiger partial charge in [-0.25, -0.2) is 9.97 Å². The van der Waals surface area contributed by atoms with Gasteiger partial charge in [-0.3, -0.25) is 4.57 Å². The topological polar surface area (TPSA) is 43.9 Å². The Morgan fingerprint density at radius 1 is 1.40 bits per heavy atom. The summed E-state index contributed by atoms with van der Waals surface area (Å²) in [6, 6.07) is 0. The zero-order chi connectivity index (χ0) is 6.81. The lowest BCUT2D eigenvalue weighted by atomic mass is 10.7. The second-order valence-corrected chi connectivity index (χ2v) is 1.81. The molecule has 0 aliphatic rings. The Bertz CT molecular complexity index is 252. The molecule has 0 fully saturated rings. The molecule has 50 valence electrons. The van der Waals surface area contributed by atoms with Crippen molar-refractivity contribution < 1.29 is 4.42 Å². The fourth-order valence-electron chi connectivity index (χ4n) is 0.726. The molecule has 2 rings (SSSR count). The van der Waals surface area contributed by atoms with E-state index in [0.29, 0.717) is 5.88 Å². The quantitative estimate of drug-likeness (QED) is 0.582. The highest BCUT2D eigenvalue weighted by Gasteiger charge is 1.95. The number of nitrogens with zero attached hydrogens (tertiary/aromatic N) is 3. The van der Waals surface area contributed by atoms with Crippen LogP contribution in [0.15, 0.2) is 35.7 Å². The summed E-state index contributed by atoms with van der Waals surface area (Å²) in [6.45, 7) is 0. The van der Waals surface area contributed by atoms with E-state index in [9.17, 15) is 0 Å². The lowest BCUT2D eigenvalue weighted by molar-refractivity contribution is 0.531. The van der Waals surface area contributed by atoms with Gasteiger partial charge >= 0.3 is 0 Å². The second kappa shape index (κ2) is 1.98. The zero-order valence-electron chi connectivity index (χ0n) is 5.14. The Morgan fingerprint density at radius 2 is 2.40 bits per heavy atom. The number of aromatic nitrogens is 3. The molecule has 0 aromatic carbocycles. The third-order valence-corrected chi connectivity index (χ3v) is 1.18. The maximum absolute atomic E-state index is 4.99. The van der Waals surface area contributed by atoms with Crippen molar-refractivity contribution >= 4 is 0 Å². The van der Waals surface area contributed by atoms with E-state index in [1.54, 1.807) is 29.5 Å². The first kappa shape index (κ1) is 5.22. The molecule has 4 heteroatoms. The standard InChI is InChI=1S/C6H5N3O/c1-2-9(4-7-1)6-3-8-5-10-6/h1-5H. The van der Waals surface area contributed by atoms with Gasteiger partial charge in [0.2, 0.25) is 5.88 Å². The number of imidazole rings is 1. The van der Waals surface area contributed by atoms with E-state index in [0.717, 1.165) is 0 Å². The van der Waals surface area contributed by atoms with E-state index in [1.807, 2.05) is 0 Å². The van der Waals surface area contributed by atoms with Crippen molar-refractivity contribution in [1.29, 1.82) is 0 Å². The van der Waals surface area contributed by atoms with Crippen LogP contribution >= 0.6 is 0 Å². The van der Waals surface area contributed by atoms with Gasteiger partial charge in [0, 0.05) is 12.4 Å². The van der Waals surface area contributed by atoms with Gasteiger partial charge < -0.3 is 4.42 Å². The molecule has 10 heavy (non-hydrogen) atoms. The molecule has 0 unspecified atom stereocenters. The molecular weight excluding hydrogens is 130 g/mol. The van der Waals surface area contributed by atoms with Gasteiger partial charge in [-0.1, -0.05) is 0 Å². The first-order chi connectivity index (χ1) is 4.97. The average molecular weight is 135 g/mol. The Kier molecular flexibility index (Phi) is 1.04. The lowest BCUT2D eigenvalue weighted by Crippen LogP contribution is -1.84. The van der Waals surface area contributed by atoms with Crippen LogP contribution in [0.25, 0.3) is 5.88 Å². The Balaban J connectivity index is 2.48. The second-order valence-electron chi connectivity index (χ2n) is 1.81. The minimum atomic E-state index is 0.678. The summed E-state index contributed by atoms with van der Waals surface area (Å²) in [5.41, 5.74) is 0. The van der Waals surface area contributed by atoms with Gasteiger partial charge in [0.05, 0.1) is 6.20 Å². The number of hydrogen-bond acceptors (Lipinski definition) is 3. The summed E-state index contributed by atoms with van der Waals surface area (Å²) in [5, 5.41) is 0. The summed E-state index contributed by atoms with van der Waals surface area (Å²) in [4.78, 5) is 7.62. The molecule has 0 saturated carbocycles. The summed E-state index contributed by atoms with van der Waals surface area (Å²) in [6.07, 6.45) is 8.14. The summed E-state index contributed by atoms with van der Waals surface area (Å²) in [5.74, 6) is 0.678. The maximum atomic E-state index is 4.99. The molecule has 4 nitrogen and oxygen atoms in total. The van der Waals surface area contributed by atoms with E-state index < -0.39 is 0 Å². The van der Waals surface area contributed by atoms with Crippen LogP contribution in [0.5, 0.6) is 0 Å². The summed E-state index contributed by atoms with van der Waals surface area (Å²) >= 11 is 0. The van der Waals surface area contributed by atoms with Crippen molar-refractivity contribution in [2.45, 2.75) is 0 Å². The fourth-order valence-corrected chi connectivity index (χ4v) is 0.726. The first-order valence-corrected chi connectivity index (χ1v) is 2.83. The summed E-state index contributed by atoms with van der Waals surface area (Å²) < 4.78 is 6.73. The van der Waals surface area contributed by atoms with Crippen LogP contribution in [0, 0.1) is 0 Å². The van der Waals surface area contributed by atoms with Crippen molar-refractivity contribution in [1.82, 2.24) is 14.5 Å². The molecular formula is C6H5N3O. The molecule has 2 aromatic heterocycles. The van der Waals surface area contributed by atoms with E-state index in [-0.39, 0.29) is 0 Å². The van der Waals surface area contributed by atoms with Crippen molar-refractivity contribution in [3.63, 3.8) is 0 Å². The molecule has 2 aromatic rings. The molecule has 0 saturated heterocycles. The third kappa shape index (κ3) is 0.699. The molecule has 2 heterocycles. The SMILES string of the molecule is c1cn(-c2cnco2)cn1. The number of hydrogen-bond donors (Lipinski definition) is 0. The monoisotopic (exact) mass is 135 g/mol. The minimum Gasteiger partial charge on any atom is -0.427 e. The number of oxazole rings is 1. The van der Waals surface area contributed by atoms with Gasteiger partial charge in [0.15, 0.2) is 6.39 Å². The van der Waals surface area contributed by atoms with Crippen molar-refractivity contribution in [2.75, 3.05) is 0 Å². The Labute approximate surface area is 57.1 Å². The first-order valence-electron chi connectivity index (χ1n) is 2.83. The summed E-state index contributed by atoms with van der Waals surface area (Å²) in [7, 11) is 0. The minimum absolute atomic E-state index is 0.678. The van der Waals surface area contributed by atoms with E-state index >= 15 is 0 Å². The van der Waals surface area contributed by atoms with Crippen LogP contribution in [0.2, 0.25) is 0 Å². The van der Waals surface area contributed by atoms with Crippen LogP contribution in [-0.4, -0.2) is 14.5 Å². The smallest absolute Gasteiger partial charge is 0.225 e. The Hall–Kier alpha value is -1.58. The predicted octanol–water partition coefficient (Wildman–Crippen LogP) is 0.860. The van der Waals surface area contributed by atoms with Gasteiger partial charge in [-0.05, 0) is 0 Å². The van der Waals surface area contributed by atoms with Crippen LogP contribution < -0.4 is 0 Å². The zero-order valence-corrected chi connectivity index (χ0v) is 5.14. The highest BCUT2D eigenvalue weighted by atomic mass is 16.4. The average Bonchev–Trinajstić information content (AvgIpc) is 2.59. The maximum Gasteiger partial charge on any atom is 0.225 e. The van der Waals surface area contributed by atoms with E-state index in [2.05, 4.69) is 9.97 Å². The van der Waals surface area contributed by atoms with Crippen LogP contribution in [-0.2, 0) is 0 Å². The van der Waals surface area contributed by atoms with Crippen molar-refractivity contribution in [2.24, 2.45) is 0 Å². The molecule has 0 radical (unpaired) electrons. The van der Waals surface area contributed by atoms with Crippen molar-refractivity contribution in [3.05, 3.63) is 31.3 Å². The molecule has 0 N–H and O–H groups in total. The predicted molar refractivity (Wildman–Crippen MR) is 33.6 cm³/mol. The van der Waals surface area contributed by atoms with Gasteiger partial charge in [-0.2, -0.15) is 0 Å². The third-order valence-electron chi connectivity index (χ3n) is 1.18. The number of rotatable bonds is 1. The van der Waals surface area contributed by atoms with Gasteiger partial charge in [0.25, 0.3) is 0 Å². The molecule has 0 amide bonds. The highest BCUT2D eigenvalue weighted by molar-refractivity contribution is 5.11. The van der Waals surface area contributed by atoms with E-state index in [1.165, 1.54) is 6.39 Å². The van der Waals surface area contributed by atoms with Gasteiger partial charge in [0.1, 0.15) is 6.33 Å². The largest absolute Gasteiger partial charge is 0.427 e. The van der Waals surface area contributed by atoms with E-state index in [4.69, 9.17) is 4.42 Å².